The molecular weight excluding hydrogens is 472 g/mol. The molecule has 1 aromatic rings. The maximum atomic E-state index is 13.2. The highest BCUT2D eigenvalue weighted by Gasteiger charge is 2.28. The number of ether oxygens (including phenoxy) is 1. The summed E-state index contributed by atoms with van der Waals surface area (Å²) in [7, 11) is 0. The summed E-state index contributed by atoms with van der Waals surface area (Å²) in [5.74, 6) is -0.215. The van der Waals surface area contributed by atoms with Gasteiger partial charge >= 0.3 is 12.0 Å². The minimum Gasteiger partial charge on any atom is -0.460 e. The van der Waals surface area contributed by atoms with Gasteiger partial charge in [0.1, 0.15) is 6.61 Å². The third kappa shape index (κ3) is 13.8. The van der Waals surface area contributed by atoms with Crippen LogP contribution >= 0.6 is 0 Å². The van der Waals surface area contributed by atoms with Crippen LogP contribution in [0.25, 0.3) is 0 Å². The molecule has 0 radical (unpaired) electrons. The molecule has 0 aliphatic heterocycles. The van der Waals surface area contributed by atoms with E-state index in [4.69, 9.17) is 10.5 Å². The van der Waals surface area contributed by atoms with E-state index in [1.807, 2.05) is 52.0 Å². The Morgan fingerprint density at radius 2 is 1.57 bits per heavy atom. The highest BCUT2D eigenvalue weighted by atomic mass is 16.5. The molecule has 37 heavy (non-hydrogen) atoms. The van der Waals surface area contributed by atoms with Gasteiger partial charge in [0.2, 0.25) is 5.91 Å². The van der Waals surface area contributed by atoms with E-state index in [1.165, 1.54) is 0 Å². The summed E-state index contributed by atoms with van der Waals surface area (Å²) in [5, 5.41) is 8.52. The van der Waals surface area contributed by atoms with E-state index in [1.54, 1.807) is 0 Å². The molecule has 9 heteroatoms. The Morgan fingerprint density at radius 1 is 0.946 bits per heavy atom. The van der Waals surface area contributed by atoms with Crippen molar-refractivity contribution in [3.8, 4) is 0 Å². The number of amides is 3. The van der Waals surface area contributed by atoms with Crippen molar-refractivity contribution in [1.82, 2.24) is 16.0 Å². The van der Waals surface area contributed by atoms with E-state index < -0.39 is 12.1 Å². The van der Waals surface area contributed by atoms with Crippen molar-refractivity contribution in [1.29, 1.82) is 0 Å². The minimum absolute atomic E-state index is 0.0987. The Hall–Kier alpha value is -2.94. The van der Waals surface area contributed by atoms with Gasteiger partial charge in [0.15, 0.2) is 5.78 Å². The lowest BCUT2D eigenvalue weighted by Crippen LogP contribution is -2.46. The number of primary amides is 1. The van der Waals surface area contributed by atoms with Crippen molar-refractivity contribution >= 4 is 23.7 Å². The molecule has 9 nitrogen and oxygen atoms in total. The first kappa shape index (κ1) is 32.1. The van der Waals surface area contributed by atoms with Crippen molar-refractivity contribution in [3.05, 3.63) is 35.4 Å². The van der Waals surface area contributed by atoms with E-state index in [9.17, 15) is 19.2 Å². The molecule has 208 valence electrons. The maximum absolute atomic E-state index is 13.2. The summed E-state index contributed by atoms with van der Waals surface area (Å²) in [6.45, 7) is 12.7. The second kappa shape index (κ2) is 16.7. The molecule has 1 rings (SSSR count). The van der Waals surface area contributed by atoms with Gasteiger partial charge < -0.3 is 26.4 Å². The zero-order chi connectivity index (χ0) is 28.0. The van der Waals surface area contributed by atoms with Crippen LogP contribution < -0.4 is 21.7 Å². The number of nitrogens with two attached hydrogens (primary N) is 1. The van der Waals surface area contributed by atoms with Crippen LogP contribution in [0.3, 0.4) is 0 Å². The van der Waals surface area contributed by atoms with Crippen LogP contribution in [0, 0.1) is 17.8 Å². The molecule has 0 heterocycles. The normalized spacial score (nSPS) is 12.9. The second-order valence-electron chi connectivity index (χ2n) is 10.6. The fourth-order valence-corrected chi connectivity index (χ4v) is 3.88. The topological polar surface area (TPSA) is 140 Å². The van der Waals surface area contributed by atoms with Gasteiger partial charge in [0.05, 0.1) is 12.6 Å². The van der Waals surface area contributed by atoms with Crippen molar-refractivity contribution in [2.45, 2.75) is 85.9 Å². The predicted octanol–water partition coefficient (Wildman–Crippen LogP) is 3.09. The number of nitrogens with one attached hydrogen (secondary N) is 3. The third-order valence-corrected chi connectivity index (χ3v) is 6.00. The van der Waals surface area contributed by atoms with E-state index in [0.29, 0.717) is 25.3 Å². The number of ketones is 1. The minimum atomic E-state index is -0.662. The predicted molar refractivity (Wildman–Crippen MR) is 145 cm³/mol. The van der Waals surface area contributed by atoms with Crippen LogP contribution in [-0.4, -0.2) is 48.9 Å². The van der Waals surface area contributed by atoms with Crippen LogP contribution in [0.15, 0.2) is 24.3 Å². The fraction of sp³-hybridized carbons (Fsp3) is 0.643. The molecule has 0 saturated heterocycles. The molecule has 0 fully saturated rings. The van der Waals surface area contributed by atoms with Crippen molar-refractivity contribution in [3.63, 3.8) is 0 Å². The highest BCUT2D eigenvalue weighted by Crippen LogP contribution is 2.21. The first-order chi connectivity index (χ1) is 17.4. The SMILES string of the molecule is CC(C)C[C@H](C(=O)N[C@@H](CCCNC(N)=O)C(=O)Cc1ccc(COC(=O)CNC(C)C)cc1)C(C)C. The van der Waals surface area contributed by atoms with Gasteiger partial charge in [-0.25, -0.2) is 4.79 Å². The lowest BCUT2D eigenvalue weighted by atomic mass is 9.86. The molecule has 0 aliphatic carbocycles. The summed E-state index contributed by atoms with van der Waals surface area (Å²) in [6.07, 6.45) is 1.80. The zero-order valence-electron chi connectivity index (χ0n) is 23.3. The average Bonchev–Trinajstić information content (AvgIpc) is 2.81. The fourth-order valence-electron chi connectivity index (χ4n) is 3.88. The number of benzene rings is 1. The lowest BCUT2D eigenvalue weighted by Gasteiger charge is -2.25. The third-order valence-electron chi connectivity index (χ3n) is 6.00. The van der Waals surface area contributed by atoms with Gasteiger partial charge in [-0.2, -0.15) is 0 Å². The molecule has 5 N–H and O–H groups in total. The first-order valence-corrected chi connectivity index (χ1v) is 13.2. The second-order valence-corrected chi connectivity index (χ2v) is 10.6. The zero-order valence-corrected chi connectivity index (χ0v) is 23.3. The number of esters is 1. The van der Waals surface area contributed by atoms with Gasteiger partial charge in [0.25, 0.3) is 0 Å². The monoisotopic (exact) mass is 518 g/mol. The van der Waals surface area contributed by atoms with E-state index >= 15 is 0 Å². The number of hydrogen-bond acceptors (Lipinski definition) is 6. The number of Topliss-reactive ketones (excluding diaryl/α,β-unsaturated/α-hetero) is 1. The van der Waals surface area contributed by atoms with E-state index in [2.05, 4.69) is 29.8 Å². The lowest BCUT2D eigenvalue weighted by molar-refractivity contribution is -0.144. The molecular formula is C28H46N4O5. The Bertz CT molecular complexity index is 868. The number of hydrogen-bond donors (Lipinski definition) is 4. The summed E-state index contributed by atoms with van der Waals surface area (Å²) in [6, 6.07) is 6.23. The van der Waals surface area contributed by atoms with E-state index in [-0.39, 0.29) is 55.1 Å². The molecule has 3 amide bonds. The van der Waals surface area contributed by atoms with Crippen LogP contribution in [-0.2, 0) is 32.1 Å². The summed E-state index contributed by atoms with van der Waals surface area (Å²) in [5.41, 5.74) is 6.76. The quantitative estimate of drug-likeness (QED) is 0.185. The van der Waals surface area contributed by atoms with Crippen molar-refractivity contribution < 1.29 is 23.9 Å². The molecule has 0 aromatic heterocycles. The summed E-state index contributed by atoms with van der Waals surface area (Å²) >= 11 is 0. The van der Waals surface area contributed by atoms with Gasteiger partial charge in [-0.3, -0.25) is 14.4 Å². The van der Waals surface area contributed by atoms with Crippen LogP contribution in [0.1, 0.15) is 71.9 Å². The molecule has 0 saturated carbocycles. The van der Waals surface area contributed by atoms with E-state index in [0.717, 1.165) is 17.5 Å². The molecule has 0 aliphatic rings. The molecule has 0 spiro atoms. The number of carbonyl (C=O) groups is 4. The standard InChI is InChI=1S/C28H46N4O5/c1-18(2)14-23(19(3)4)27(35)32-24(8-7-13-30-28(29)36)25(33)15-21-9-11-22(12-10-21)17-37-26(34)16-31-20(5)6/h9-12,18-20,23-24,31H,7-8,13-17H2,1-6H3,(H,32,35)(H3,29,30,36)/t23-,24-/m0/s1. The number of rotatable bonds is 17. The number of carbonyl (C=O) groups excluding carboxylic acids is 4. The smallest absolute Gasteiger partial charge is 0.320 e. The van der Waals surface area contributed by atoms with Gasteiger partial charge in [-0.15, -0.1) is 0 Å². The summed E-state index contributed by atoms with van der Waals surface area (Å²) in [4.78, 5) is 49.1. The highest BCUT2D eigenvalue weighted by molar-refractivity contribution is 5.91. The van der Waals surface area contributed by atoms with Gasteiger partial charge in [-0.05, 0) is 42.2 Å². The molecule has 0 unspecified atom stereocenters. The Balaban J connectivity index is 2.80. The van der Waals surface area contributed by atoms with Crippen molar-refractivity contribution in [2.24, 2.45) is 23.5 Å². The number of urea groups is 1. The van der Waals surface area contributed by atoms with Gasteiger partial charge in [0, 0.05) is 24.9 Å². The Kier molecular flexibility index (Phi) is 14.5. The maximum Gasteiger partial charge on any atom is 0.320 e. The first-order valence-electron chi connectivity index (χ1n) is 13.2. The molecule has 1 aromatic carbocycles. The van der Waals surface area contributed by atoms with Crippen molar-refractivity contribution in [2.75, 3.05) is 13.1 Å². The van der Waals surface area contributed by atoms with Crippen LogP contribution in [0.4, 0.5) is 4.79 Å². The van der Waals surface area contributed by atoms with Crippen LogP contribution in [0.5, 0.6) is 0 Å². The Morgan fingerprint density at radius 3 is 2.11 bits per heavy atom. The molecule has 0 bridgehead atoms. The summed E-state index contributed by atoms with van der Waals surface area (Å²) < 4.78 is 5.27. The average molecular weight is 519 g/mol. The van der Waals surface area contributed by atoms with Gasteiger partial charge in [-0.1, -0.05) is 65.8 Å². The Labute approximate surface area is 221 Å². The molecule has 2 atom stereocenters. The largest absolute Gasteiger partial charge is 0.460 e. The van der Waals surface area contributed by atoms with Crippen LogP contribution in [0.2, 0.25) is 0 Å².